The summed E-state index contributed by atoms with van der Waals surface area (Å²) in [7, 11) is 0. The number of thiophene rings is 1. The summed E-state index contributed by atoms with van der Waals surface area (Å²) in [6, 6.07) is 5.68. The van der Waals surface area contributed by atoms with Crippen molar-refractivity contribution in [2.45, 2.75) is 12.3 Å². The van der Waals surface area contributed by atoms with Crippen LogP contribution in [0, 0.1) is 12.7 Å². The molecule has 2 aromatic rings. The van der Waals surface area contributed by atoms with Gasteiger partial charge in [-0.1, -0.05) is 12.1 Å². The normalized spacial score (nSPS) is 12.4. The summed E-state index contributed by atoms with van der Waals surface area (Å²) in [4.78, 5) is 12.1. The highest BCUT2D eigenvalue weighted by Gasteiger charge is 2.21. The fourth-order valence-electron chi connectivity index (χ4n) is 1.53. The van der Waals surface area contributed by atoms with Crippen LogP contribution in [0.5, 0.6) is 0 Å². The van der Waals surface area contributed by atoms with Gasteiger partial charge in [0.2, 0.25) is 0 Å². The van der Waals surface area contributed by atoms with Crippen molar-refractivity contribution in [3.63, 3.8) is 0 Å². The van der Waals surface area contributed by atoms with Gasteiger partial charge in [-0.2, -0.15) is 11.3 Å². The van der Waals surface area contributed by atoms with Gasteiger partial charge in [0.15, 0.2) is 5.78 Å². The molecule has 1 aromatic carbocycles. The van der Waals surface area contributed by atoms with Gasteiger partial charge in [0.05, 0.1) is 0 Å². The maximum atomic E-state index is 12.8. The van der Waals surface area contributed by atoms with Gasteiger partial charge >= 0.3 is 0 Å². The number of halogens is 2. The Hall–Kier alpha value is -1.19. The molecule has 0 spiro atoms. The SMILES string of the molecule is Cc1cscc1C(=O)C(Cl)c1ccc(F)cc1. The third-order valence-electron chi connectivity index (χ3n) is 2.51. The topological polar surface area (TPSA) is 17.1 Å². The zero-order valence-corrected chi connectivity index (χ0v) is 10.7. The van der Waals surface area contributed by atoms with Crippen LogP contribution < -0.4 is 0 Å². The molecular weight excluding hydrogens is 259 g/mol. The lowest BCUT2D eigenvalue weighted by Gasteiger charge is -2.08. The Morgan fingerprint density at radius 2 is 1.94 bits per heavy atom. The van der Waals surface area contributed by atoms with E-state index in [-0.39, 0.29) is 11.6 Å². The summed E-state index contributed by atoms with van der Waals surface area (Å²) >= 11 is 7.58. The molecule has 0 fully saturated rings. The number of aryl methyl sites for hydroxylation is 1. The summed E-state index contributed by atoms with van der Waals surface area (Å²) in [5.74, 6) is -0.478. The maximum Gasteiger partial charge on any atom is 0.186 e. The van der Waals surface area contributed by atoms with Crippen LogP contribution >= 0.6 is 22.9 Å². The Balaban J connectivity index is 2.26. The number of hydrogen-bond donors (Lipinski definition) is 0. The molecule has 0 aliphatic rings. The fourth-order valence-corrected chi connectivity index (χ4v) is 2.63. The zero-order valence-electron chi connectivity index (χ0n) is 9.11. The monoisotopic (exact) mass is 268 g/mol. The van der Waals surface area contributed by atoms with Gasteiger partial charge in [-0.3, -0.25) is 4.79 Å². The fraction of sp³-hybridized carbons (Fsp3) is 0.154. The Bertz CT molecular complexity index is 533. The summed E-state index contributed by atoms with van der Waals surface area (Å²) in [6.07, 6.45) is 0. The quantitative estimate of drug-likeness (QED) is 0.597. The van der Waals surface area contributed by atoms with Crippen molar-refractivity contribution in [1.82, 2.24) is 0 Å². The van der Waals surface area contributed by atoms with Crippen molar-refractivity contribution in [3.8, 4) is 0 Å². The van der Waals surface area contributed by atoms with E-state index in [9.17, 15) is 9.18 Å². The molecule has 17 heavy (non-hydrogen) atoms. The van der Waals surface area contributed by atoms with Crippen molar-refractivity contribution < 1.29 is 9.18 Å². The predicted molar refractivity (Wildman–Crippen MR) is 68.4 cm³/mol. The molecule has 1 unspecified atom stereocenters. The first-order valence-corrected chi connectivity index (χ1v) is 6.44. The molecule has 0 bridgehead atoms. The van der Waals surface area contributed by atoms with Crippen LogP contribution in [-0.2, 0) is 0 Å². The van der Waals surface area contributed by atoms with Crippen LogP contribution in [0.1, 0.15) is 26.9 Å². The highest BCUT2D eigenvalue weighted by atomic mass is 35.5. The minimum atomic E-state index is -0.760. The van der Waals surface area contributed by atoms with Crippen LogP contribution in [-0.4, -0.2) is 5.78 Å². The zero-order chi connectivity index (χ0) is 12.4. The molecule has 0 N–H and O–H groups in total. The number of ketones is 1. The number of hydrogen-bond acceptors (Lipinski definition) is 2. The number of carbonyl (C=O) groups excluding carboxylic acids is 1. The average Bonchev–Trinajstić information content (AvgIpc) is 2.74. The molecule has 0 saturated carbocycles. The molecule has 2 rings (SSSR count). The predicted octanol–water partition coefficient (Wildman–Crippen LogP) is 4.36. The van der Waals surface area contributed by atoms with Gasteiger partial charge in [0, 0.05) is 10.9 Å². The van der Waals surface area contributed by atoms with E-state index in [1.807, 2.05) is 12.3 Å². The van der Waals surface area contributed by atoms with E-state index in [0.29, 0.717) is 11.1 Å². The summed E-state index contributed by atoms with van der Waals surface area (Å²) in [5, 5.41) is 2.93. The third kappa shape index (κ3) is 2.56. The van der Waals surface area contributed by atoms with Crippen molar-refractivity contribution >= 4 is 28.7 Å². The van der Waals surface area contributed by atoms with Gasteiger partial charge in [0.25, 0.3) is 0 Å². The van der Waals surface area contributed by atoms with Crippen molar-refractivity contribution in [2.75, 3.05) is 0 Å². The number of benzene rings is 1. The number of alkyl halides is 1. The largest absolute Gasteiger partial charge is 0.292 e. The van der Waals surface area contributed by atoms with Crippen LogP contribution in [0.3, 0.4) is 0 Å². The molecule has 1 nitrogen and oxygen atoms in total. The molecule has 0 radical (unpaired) electrons. The van der Waals surface area contributed by atoms with Crippen molar-refractivity contribution in [1.29, 1.82) is 0 Å². The van der Waals surface area contributed by atoms with E-state index in [0.717, 1.165) is 5.56 Å². The lowest BCUT2D eigenvalue weighted by atomic mass is 10.0. The molecule has 1 atom stereocenters. The smallest absolute Gasteiger partial charge is 0.186 e. The van der Waals surface area contributed by atoms with E-state index in [1.165, 1.54) is 35.6 Å². The molecule has 88 valence electrons. The van der Waals surface area contributed by atoms with E-state index < -0.39 is 5.38 Å². The first kappa shape index (κ1) is 12.3. The Labute approximate surface area is 108 Å². The van der Waals surface area contributed by atoms with Crippen molar-refractivity contribution in [3.05, 3.63) is 57.5 Å². The minimum absolute atomic E-state index is 0.142. The number of rotatable bonds is 3. The molecule has 0 saturated heterocycles. The van der Waals surface area contributed by atoms with E-state index in [2.05, 4.69) is 0 Å². The number of carbonyl (C=O) groups is 1. The van der Waals surface area contributed by atoms with Gasteiger partial charge in [-0.15, -0.1) is 11.6 Å². The lowest BCUT2D eigenvalue weighted by molar-refractivity contribution is 0.0987. The van der Waals surface area contributed by atoms with Gasteiger partial charge in [-0.05, 0) is 35.6 Å². The lowest BCUT2D eigenvalue weighted by Crippen LogP contribution is -2.07. The standard InChI is InChI=1S/C13H10ClFOS/c1-8-6-17-7-11(8)13(16)12(14)9-2-4-10(15)5-3-9/h2-7,12H,1H3. The summed E-state index contributed by atoms with van der Waals surface area (Å²) in [5.41, 5.74) is 2.18. The van der Waals surface area contributed by atoms with Gasteiger partial charge in [-0.25, -0.2) is 4.39 Å². The summed E-state index contributed by atoms with van der Waals surface area (Å²) in [6.45, 7) is 1.87. The van der Waals surface area contributed by atoms with Gasteiger partial charge in [0.1, 0.15) is 11.2 Å². The van der Waals surface area contributed by atoms with Crippen molar-refractivity contribution in [2.24, 2.45) is 0 Å². The number of Topliss-reactive ketones (excluding diaryl/α,β-unsaturated/α-hetero) is 1. The van der Waals surface area contributed by atoms with E-state index in [1.54, 1.807) is 5.38 Å². The molecule has 1 aromatic heterocycles. The molecular formula is C13H10ClFOS. The molecule has 0 amide bonds. The second-order valence-electron chi connectivity index (χ2n) is 3.75. The van der Waals surface area contributed by atoms with Crippen LogP contribution in [0.25, 0.3) is 0 Å². The highest BCUT2D eigenvalue weighted by molar-refractivity contribution is 7.08. The molecule has 0 aliphatic heterocycles. The van der Waals surface area contributed by atoms with Gasteiger partial charge < -0.3 is 0 Å². The van der Waals surface area contributed by atoms with Crippen LogP contribution in [0.2, 0.25) is 0 Å². The second-order valence-corrected chi connectivity index (χ2v) is 4.93. The Morgan fingerprint density at radius 3 is 2.47 bits per heavy atom. The Morgan fingerprint density at radius 1 is 1.29 bits per heavy atom. The maximum absolute atomic E-state index is 12.8. The van der Waals surface area contributed by atoms with E-state index in [4.69, 9.17) is 11.6 Å². The first-order valence-electron chi connectivity index (χ1n) is 5.06. The third-order valence-corrected chi connectivity index (χ3v) is 3.83. The molecule has 0 aliphatic carbocycles. The van der Waals surface area contributed by atoms with Crippen LogP contribution in [0.15, 0.2) is 35.0 Å². The minimum Gasteiger partial charge on any atom is -0.292 e. The van der Waals surface area contributed by atoms with Crippen LogP contribution in [0.4, 0.5) is 4.39 Å². The first-order chi connectivity index (χ1) is 8.09. The average molecular weight is 269 g/mol. The molecule has 1 heterocycles. The van der Waals surface area contributed by atoms with E-state index >= 15 is 0 Å². The molecule has 4 heteroatoms. The second kappa shape index (κ2) is 4.98. The Kier molecular flexibility index (Phi) is 3.60. The summed E-state index contributed by atoms with van der Waals surface area (Å²) < 4.78 is 12.8. The highest BCUT2D eigenvalue weighted by Crippen LogP contribution is 2.27.